The van der Waals surface area contributed by atoms with Crippen LogP contribution in [0, 0.1) is 5.92 Å². The topological polar surface area (TPSA) is 90.9 Å². The van der Waals surface area contributed by atoms with Gasteiger partial charge in [0.25, 0.3) is 10.1 Å². The first-order valence-electron chi connectivity index (χ1n) is 10.1. The lowest BCUT2D eigenvalue weighted by molar-refractivity contribution is -0.155. The van der Waals surface area contributed by atoms with Gasteiger partial charge in [0, 0.05) is 12.1 Å². The van der Waals surface area contributed by atoms with E-state index < -0.39 is 21.4 Å². The van der Waals surface area contributed by atoms with Crippen LogP contribution < -0.4 is 5.32 Å². The van der Waals surface area contributed by atoms with Gasteiger partial charge in [0.15, 0.2) is 5.72 Å². The van der Waals surface area contributed by atoms with Crippen LogP contribution in [0.5, 0.6) is 0 Å². The second-order valence-electron chi connectivity index (χ2n) is 9.06. The van der Waals surface area contributed by atoms with Crippen LogP contribution in [0.1, 0.15) is 59.4 Å². The number of benzene rings is 1. The van der Waals surface area contributed by atoms with Crippen LogP contribution in [-0.4, -0.2) is 32.3 Å². The summed E-state index contributed by atoms with van der Waals surface area (Å²) in [7, 11) is -3.74. The van der Waals surface area contributed by atoms with Crippen molar-refractivity contribution in [3.63, 3.8) is 0 Å². The van der Waals surface area contributed by atoms with Crippen molar-refractivity contribution in [1.29, 1.82) is 0 Å². The Hall–Kier alpha value is -2.06. The highest BCUT2D eigenvalue weighted by Gasteiger charge is 2.28. The Bertz CT molecular complexity index is 840. The van der Waals surface area contributed by atoms with Gasteiger partial charge in [-0.3, -0.25) is 8.98 Å². The Balaban J connectivity index is 1.97. The van der Waals surface area contributed by atoms with E-state index in [1.54, 1.807) is 30.5 Å². The Morgan fingerprint density at radius 3 is 2.43 bits per heavy atom. The third-order valence-corrected chi connectivity index (χ3v) is 5.49. The molecular formula is C22H33NO6S. The predicted octanol–water partition coefficient (Wildman–Crippen LogP) is 3.86. The van der Waals surface area contributed by atoms with Crippen LogP contribution in [0.15, 0.2) is 42.3 Å². The van der Waals surface area contributed by atoms with E-state index in [1.807, 2.05) is 40.7 Å². The number of carbonyl (C=O) groups is 1. The monoisotopic (exact) mass is 439 g/mol. The minimum atomic E-state index is -3.74. The number of carbonyl (C=O) groups excluding carboxylic acids is 1. The minimum absolute atomic E-state index is 0.0165. The zero-order chi connectivity index (χ0) is 22.4. The van der Waals surface area contributed by atoms with Gasteiger partial charge in [0.1, 0.15) is 17.6 Å². The van der Waals surface area contributed by atoms with E-state index in [-0.39, 0.29) is 30.7 Å². The lowest BCUT2D eigenvalue weighted by Crippen LogP contribution is -2.35. The molecule has 0 aliphatic carbocycles. The standard InChI is InChI=1S/C22H33NO6S/c1-21(2,3)29-20(24)12-11-18(13-19-15-27-22(4,5)23-19)14-28-30(25,26)16-17-9-7-6-8-10-17/h6-10,15,18,23H,11-14,16H2,1-5H3/t18-/m1/s1. The third kappa shape index (κ3) is 9.17. The molecule has 0 saturated heterocycles. The number of nitrogens with one attached hydrogen (secondary N) is 1. The largest absolute Gasteiger partial charge is 0.475 e. The van der Waals surface area contributed by atoms with Crippen molar-refractivity contribution in [2.75, 3.05) is 6.61 Å². The molecular weight excluding hydrogens is 406 g/mol. The van der Waals surface area contributed by atoms with Crippen molar-refractivity contribution in [1.82, 2.24) is 5.32 Å². The van der Waals surface area contributed by atoms with Crippen LogP contribution in [0.25, 0.3) is 0 Å². The first-order valence-corrected chi connectivity index (χ1v) is 11.7. The molecule has 0 bridgehead atoms. The smallest absolute Gasteiger partial charge is 0.306 e. The van der Waals surface area contributed by atoms with Gasteiger partial charge in [-0.05, 0) is 58.9 Å². The number of hydrogen-bond donors (Lipinski definition) is 1. The summed E-state index contributed by atoms with van der Waals surface area (Å²) in [5, 5.41) is 3.24. The first-order chi connectivity index (χ1) is 13.8. The van der Waals surface area contributed by atoms with E-state index >= 15 is 0 Å². The van der Waals surface area contributed by atoms with Crippen LogP contribution in [0.4, 0.5) is 0 Å². The van der Waals surface area contributed by atoms with E-state index in [0.29, 0.717) is 18.4 Å². The quantitative estimate of drug-likeness (QED) is 0.437. The first kappa shape index (κ1) is 24.2. The van der Waals surface area contributed by atoms with Gasteiger partial charge in [0.05, 0.1) is 6.61 Å². The molecule has 0 saturated carbocycles. The average molecular weight is 440 g/mol. The number of hydrogen-bond acceptors (Lipinski definition) is 7. The molecule has 30 heavy (non-hydrogen) atoms. The van der Waals surface area contributed by atoms with Gasteiger partial charge in [-0.1, -0.05) is 30.3 Å². The summed E-state index contributed by atoms with van der Waals surface area (Å²) in [5.41, 5.74) is 0.442. The van der Waals surface area contributed by atoms with Crippen molar-refractivity contribution in [3.8, 4) is 0 Å². The molecule has 1 aromatic rings. The highest BCUT2D eigenvalue weighted by molar-refractivity contribution is 7.85. The fourth-order valence-corrected chi connectivity index (χ4v) is 4.14. The van der Waals surface area contributed by atoms with Gasteiger partial charge < -0.3 is 14.8 Å². The summed E-state index contributed by atoms with van der Waals surface area (Å²) in [4.78, 5) is 12.1. The lowest BCUT2D eigenvalue weighted by Gasteiger charge is -2.23. The summed E-state index contributed by atoms with van der Waals surface area (Å²) >= 11 is 0. The molecule has 168 valence electrons. The Morgan fingerprint density at radius 1 is 1.20 bits per heavy atom. The number of esters is 1. The molecule has 7 nitrogen and oxygen atoms in total. The second kappa shape index (κ2) is 9.83. The highest BCUT2D eigenvalue weighted by atomic mass is 32.2. The third-order valence-electron chi connectivity index (χ3n) is 4.31. The number of ether oxygens (including phenoxy) is 2. The summed E-state index contributed by atoms with van der Waals surface area (Å²) in [6.45, 7) is 9.22. The van der Waals surface area contributed by atoms with Crippen LogP contribution in [-0.2, 0) is 34.3 Å². The van der Waals surface area contributed by atoms with E-state index in [1.165, 1.54) is 0 Å². The molecule has 1 aliphatic heterocycles. The molecule has 0 radical (unpaired) electrons. The summed E-state index contributed by atoms with van der Waals surface area (Å²) in [5.74, 6) is -0.701. The van der Waals surface area contributed by atoms with Crippen LogP contribution in [0.3, 0.4) is 0 Å². The molecule has 1 heterocycles. The maximum Gasteiger partial charge on any atom is 0.306 e. The maximum absolute atomic E-state index is 12.4. The molecule has 0 amide bonds. The fourth-order valence-electron chi connectivity index (χ4n) is 3.05. The molecule has 0 unspecified atom stereocenters. The van der Waals surface area contributed by atoms with Crippen LogP contribution >= 0.6 is 0 Å². The van der Waals surface area contributed by atoms with Crippen molar-refractivity contribution < 1.29 is 26.9 Å². The predicted molar refractivity (Wildman–Crippen MR) is 115 cm³/mol. The normalized spacial score (nSPS) is 16.9. The molecule has 1 N–H and O–H groups in total. The van der Waals surface area contributed by atoms with Gasteiger partial charge >= 0.3 is 5.97 Å². The molecule has 1 atom stereocenters. The highest BCUT2D eigenvalue weighted by Crippen LogP contribution is 2.25. The lowest BCUT2D eigenvalue weighted by atomic mass is 9.98. The van der Waals surface area contributed by atoms with E-state index in [2.05, 4.69) is 5.32 Å². The molecule has 8 heteroatoms. The zero-order valence-corrected chi connectivity index (χ0v) is 19.3. The molecule has 0 fully saturated rings. The van der Waals surface area contributed by atoms with E-state index in [4.69, 9.17) is 13.7 Å². The van der Waals surface area contributed by atoms with Crippen molar-refractivity contribution in [3.05, 3.63) is 47.9 Å². The average Bonchev–Trinajstić information content (AvgIpc) is 2.95. The Morgan fingerprint density at radius 2 is 1.87 bits per heavy atom. The fraction of sp³-hybridized carbons (Fsp3) is 0.591. The van der Waals surface area contributed by atoms with E-state index in [0.717, 1.165) is 5.70 Å². The second-order valence-corrected chi connectivity index (χ2v) is 10.7. The maximum atomic E-state index is 12.4. The Kier molecular flexibility index (Phi) is 7.93. The minimum Gasteiger partial charge on any atom is -0.475 e. The van der Waals surface area contributed by atoms with Gasteiger partial charge in [-0.15, -0.1) is 0 Å². The molecule has 1 aliphatic rings. The van der Waals surface area contributed by atoms with Gasteiger partial charge in [-0.2, -0.15) is 8.42 Å². The summed E-state index contributed by atoms with van der Waals surface area (Å²) in [6.07, 6.45) is 2.77. The van der Waals surface area contributed by atoms with Crippen molar-refractivity contribution in [2.24, 2.45) is 5.92 Å². The number of rotatable bonds is 10. The van der Waals surface area contributed by atoms with Crippen molar-refractivity contribution in [2.45, 2.75) is 71.0 Å². The summed E-state index contributed by atoms with van der Waals surface area (Å²) < 4.78 is 41.0. The number of allylic oxidation sites excluding steroid dienone is 1. The SMILES string of the molecule is CC(C)(C)OC(=O)CC[C@@H](COS(=O)(=O)Cc1ccccc1)CC1=COC(C)(C)N1. The molecule has 0 aromatic heterocycles. The Labute approximate surface area is 179 Å². The van der Waals surface area contributed by atoms with E-state index in [9.17, 15) is 13.2 Å². The zero-order valence-electron chi connectivity index (χ0n) is 18.4. The van der Waals surface area contributed by atoms with Gasteiger partial charge in [-0.25, -0.2) is 0 Å². The van der Waals surface area contributed by atoms with Crippen molar-refractivity contribution >= 4 is 16.1 Å². The summed E-state index contributed by atoms with van der Waals surface area (Å²) in [6, 6.07) is 8.89. The van der Waals surface area contributed by atoms with Crippen LogP contribution in [0.2, 0.25) is 0 Å². The molecule has 0 spiro atoms. The molecule has 2 rings (SSSR count). The van der Waals surface area contributed by atoms with Gasteiger partial charge in [0.2, 0.25) is 0 Å². The molecule has 1 aromatic carbocycles.